The fourth-order valence-electron chi connectivity index (χ4n) is 2.27. The lowest BCUT2D eigenvalue weighted by atomic mass is 10.1. The van der Waals surface area contributed by atoms with Gasteiger partial charge in [0, 0.05) is 22.3 Å². The Kier molecular flexibility index (Phi) is 4.14. The topological polar surface area (TPSA) is 54.0 Å². The van der Waals surface area contributed by atoms with Gasteiger partial charge in [-0.2, -0.15) is 0 Å². The minimum atomic E-state index is -0.323. The van der Waals surface area contributed by atoms with E-state index in [-0.39, 0.29) is 11.9 Å². The van der Waals surface area contributed by atoms with Crippen LogP contribution in [0.2, 0.25) is 5.02 Å². The zero-order valence-corrected chi connectivity index (χ0v) is 13.0. The Labute approximate surface area is 132 Å². The largest absolute Gasteiger partial charge is 0.324 e. The van der Waals surface area contributed by atoms with Crippen LogP contribution in [0.15, 0.2) is 46.5 Å². The van der Waals surface area contributed by atoms with Crippen LogP contribution >= 0.6 is 23.4 Å². The highest BCUT2D eigenvalue weighted by molar-refractivity contribution is 7.99. The van der Waals surface area contributed by atoms with Crippen molar-refractivity contribution >= 4 is 35.0 Å². The first kappa shape index (κ1) is 14.4. The number of fused-ring (bicyclic) bond motifs is 1. The van der Waals surface area contributed by atoms with Gasteiger partial charge in [0.1, 0.15) is 11.1 Å². The van der Waals surface area contributed by atoms with Gasteiger partial charge in [-0.25, -0.2) is 4.98 Å². The molecule has 4 nitrogen and oxygen atoms in total. The molecule has 1 aliphatic rings. The summed E-state index contributed by atoms with van der Waals surface area (Å²) >= 11 is 7.84. The molecule has 0 bridgehead atoms. The Hall–Kier alpha value is -1.56. The Morgan fingerprint density at radius 1 is 1.43 bits per heavy atom. The number of amides is 1. The van der Waals surface area contributed by atoms with Crippen molar-refractivity contribution in [2.24, 2.45) is 0 Å². The zero-order chi connectivity index (χ0) is 14.8. The number of carbonyl (C=O) groups is 1. The average Bonchev–Trinajstić information content (AvgIpc) is 2.77. The van der Waals surface area contributed by atoms with E-state index in [0.717, 1.165) is 27.7 Å². The van der Waals surface area contributed by atoms with Crippen molar-refractivity contribution in [1.29, 1.82) is 0 Å². The second kappa shape index (κ2) is 6.05. The first-order valence-electron chi connectivity index (χ1n) is 6.65. The molecule has 6 heteroatoms. The van der Waals surface area contributed by atoms with Gasteiger partial charge in [-0.15, -0.1) is 0 Å². The van der Waals surface area contributed by atoms with E-state index >= 15 is 0 Å². The number of halogens is 1. The summed E-state index contributed by atoms with van der Waals surface area (Å²) < 4.78 is 0. The predicted octanol–water partition coefficient (Wildman–Crippen LogP) is 3.49. The monoisotopic (exact) mass is 319 g/mol. The number of rotatable bonds is 4. The van der Waals surface area contributed by atoms with E-state index in [9.17, 15) is 4.79 Å². The van der Waals surface area contributed by atoms with E-state index in [1.54, 1.807) is 6.20 Å². The smallest absolute Gasteiger partial charge is 0.246 e. The number of aromatic nitrogens is 1. The fraction of sp³-hybridized carbons (Fsp3) is 0.200. The number of likely N-dealkylation sites (N-methyl/N-ethyl adjacent to an activating group) is 1. The van der Waals surface area contributed by atoms with Crippen LogP contribution in [0.1, 0.15) is 18.5 Å². The summed E-state index contributed by atoms with van der Waals surface area (Å²) in [4.78, 5) is 17.1. The standard InChI is InChI=1S/C15H14ClN3OS/c1-2-17-14-9-7-10(16)12(8-11(9)19-15(14)20)21-13-5-3-4-6-18-13/h3-8,14,17H,2H2,1H3,(H,19,20). The molecule has 1 aromatic heterocycles. The molecule has 0 spiro atoms. The Morgan fingerprint density at radius 2 is 2.29 bits per heavy atom. The summed E-state index contributed by atoms with van der Waals surface area (Å²) in [6.45, 7) is 2.69. The van der Waals surface area contributed by atoms with E-state index in [0.29, 0.717) is 5.02 Å². The Bertz CT molecular complexity index is 678. The normalized spacial score (nSPS) is 16.7. The van der Waals surface area contributed by atoms with E-state index in [4.69, 9.17) is 11.6 Å². The molecule has 108 valence electrons. The highest BCUT2D eigenvalue weighted by Crippen LogP contribution is 2.40. The van der Waals surface area contributed by atoms with Crippen molar-refractivity contribution in [1.82, 2.24) is 10.3 Å². The molecule has 21 heavy (non-hydrogen) atoms. The predicted molar refractivity (Wildman–Crippen MR) is 84.9 cm³/mol. The molecular weight excluding hydrogens is 306 g/mol. The second-order valence-corrected chi connectivity index (χ2v) is 6.09. The summed E-state index contributed by atoms with van der Waals surface area (Å²) in [5, 5.41) is 7.54. The third-order valence-corrected chi connectivity index (χ3v) is 4.63. The van der Waals surface area contributed by atoms with Gasteiger partial charge in [0.2, 0.25) is 5.91 Å². The molecule has 1 amide bonds. The quantitative estimate of drug-likeness (QED) is 0.905. The maximum Gasteiger partial charge on any atom is 0.246 e. The number of pyridine rings is 1. The van der Waals surface area contributed by atoms with Crippen LogP contribution in [-0.2, 0) is 4.79 Å². The number of anilines is 1. The first-order chi connectivity index (χ1) is 10.2. The molecule has 0 aliphatic carbocycles. The summed E-state index contributed by atoms with van der Waals surface area (Å²) in [5.41, 5.74) is 1.71. The molecular formula is C15H14ClN3OS. The van der Waals surface area contributed by atoms with Crippen LogP contribution in [0, 0.1) is 0 Å². The van der Waals surface area contributed by atoms with Crippen molar-refractivity contribution in [3.8, 4) is 0 Å². The van der Waals surface area contributed by atoms with Gasteiger partial charge in [0.25, 0.3) is 0 Å². The van der Waals surface area contributed by atoms with Crippen LogP contribution in [0.4, 0.5) is 5.69 Å². The van der Waals surface area contributed by atoms with E-state index < -0.39 is 0 Å². The van der Waals surface area contributed by atoms with Crippen LogP contribution < -0.4 is 10.6 Å². The number of hydrogen-bond donors (Lipinski definition) is 2. The maximum atomic E-state index is 12.0. The van der Waals surface area contributed by atoms with Gasteiger partial charge in [-0.3, -0.25) is 4.79 Å². The molecule has 1 aromatic carbocycles. The zero-order valence-electron chi connectivity index (χ0n) is 11.4. The Morgan fingerprint density at radius 3 is 3.00 bits per heavy atom. The van der Waals surface area contributed by atoms with Crippen molar-refractivity contribution in [3.63, 3.8) is 0 Å². The molecule has 0 fully saturated rings. The lowest BCUT2D eigenvalue weighted by molar-refractivity contribution is -0.117. The summed E-state index contributed by atoms with van der Waals surface area (Å²) in [7, 11) is 0. The van der Waals surface area contributed by atoms with Crippen molar-refractivity contribution in [2.75, 3.05) is 11.9 Å². The minimum Gasteiger partial charge on any atom is -0.324 e. The van der Waals surface area contributed by atoms with Crippen LogP contribution in [-0.4, -0.2) is 17.4 Å². The summed E-state index contributed by atoms with van der Waals surface area (Å²) in [6, 6.07) is 9.17. The third kappa shape index (κ3) is 2.90. The molecule has 0 saturated carbocycles. The van der Waals surface area contributed by atoms with E-state index in [2.05, 4.69) is 15.6 Å². The number of carbonyl (C=O) groups excluding carboxylic acids is 1. The molecule has 2 N–H and O–H groups in total. The van der Waals surface area contributed by atoms with E-state index in [1.807, 2.05) is 37.3 Å². The Balaban J connectivity index is 1.92. The summed E-state index contributed by atoms with van der Waals surface area (Å²) in [6.07, 6.45) is 1.74. The lowest BCUT2D eigenvalue weighted by Crippen LogP contribution is -2.27. The molecule has 1 unspecified atom stereocenters. The van der Waals surface area contributed by atoms with Crippen molar-refractivity contribution in [3.05, 3.63) is 47.1 Å². The first-order valence-corrected chi connectivity index (χ1v) is 7.85. The minimum absolute atomic E-state index is 0.0390. The van der Waals surface area contributed by atoms with Gasteiger partial charge >= 0.3 is 0 Å². The number of benzene rings is 1. The molecule has 3 rings (SSSR count). The van der Waals surface area contributed by atoms with Crippen LogP contribution in [0.3, 0.4) is 0 Å². The summed E-state index contributed by atoms with van der Waals surface area (Å²) in [5.74, 6) is -0.0390. The highest BCUT2D eigenvalue weighted by atomic mass is 35.5. The molecule has 1 atom stereocenters. The van der Waals surface area contributed by atoms with Crippen molar-refractivity contribution < 1.29 is 4.79 Å². The van der Waals surface area contributed by atoms with Gasteiger partial charge in [0.15, 0.2) is 0 Å². The van der Waals surface area contributed by atoms with Gasteiger partial charge < -0.3 is 10.6 Å². The molecule has 2 aromatic rings. The fourth-order valence-corrected chi connectivity index (χ4v) is 3.37. The van der Waals surface area contributed by atoms with Gasteiger partial charge in [-0.05, 0) is 30.8 Å². The third-order valence-electron chi connectivity index (χ3n) is 3.20. The SMILES string of the molecule is CCNC1C(=O)Nc2cc(Sc3ccccn3)c(Cl)cc21. The molecule has 0 radical (unpaired) electrons. The lowest BCUT2D eigenvalue weighted by Gasteiger charge is -2.11. The van der Waals surface area contributed by atoms with Gasteiger partial charge in [-0.1, -0.05) is 36.4 Å². The number of nitrogens with zero attached hydrogens (tertiary/aromatic N) is 1. The van der Waals surface area contributed by atoms with Crippen LogP contribution in [0.25, 0.3) is 0 Å². The van der Waals surface area contributed by atoms with Crippen LogP contribution in [0.5, 0.6) is 0 Å². The molecule has 2 heterocycles. The van der Waals surface area contributed by atoms with E-state index in [1.165, 1.54) is 11.8 Å². The average molecular weight is 320 g/mol. The van der Waals surface area contributed by atoms with Crippen molar-refractivity contribution in [2.45, 2.75) is 22.9 Å². The number of hydrogen-bond acceptors (Lipinski definition) is 4. The second-order valence-electron chi connectivity index (χ2n) is 4.62. The highest BCUT2D eigenvalue weighted by Gasteiger charge is 2.30. The van der Waals surface area contributed by atoms with Gasteiger partial charge in [0.05, 0.1) is 5.02 Å². The number of nitrogens with one attached hydrogen (secondary N) is 2. The molecule has 1 aliphatic heterocycles. The maximum absolute atomic E-state index is 12.0. The molecule has 0 saturated heterocycles.